The molecule has 1 aromatic rings. The van der Waals surface area contributed by atoms with Crippen LogP contribution in [0.3, 0.4) is 0 Å². The zero-order chi connectivity index (χ0) is 14.4. The Bertz CT molecular complexity index is 521. The number of nitrogens with one attached hydrogen (secondary N) is 1. The van der Waals surface area contributed by atoms with Crippen LogP contribution in [0.25, 0.3) is 0 Å². The summed E-state index contributed by atoms with van der Waals surface area (Å²) in [5.74, 6) is -2.88. The number of amides is 2. The number of primary amides is 1. The van der Waals surface area contributed by atoms with Crippen molar-refractivity contribution >= 4 is 29.4 Å². The molecule has 6 nitrogen and oxygen atoms in total. The van der Waals surface area contributed by atoms with Crippen molar-refractivity contribution in [3.05, 3.63) is 34.6 Å². The molecule has 0 unspecified atom stereocenters. The topological polar surface area (TPSA) is 98.5 Å². The van der Waals surface area contributed by atoms with E-state index in [1.54, 1.807) is 0 Å². The van der Waals surface area contributed by atoms with Crippen LogP contribution in [0.1, 0.15) is 10.4 Å². The molecule has 0 aromatic heterocycles. The minimum Gasteiger partial charge on any atom is -0.452 e. The van der Waals surface area contributed by atoms with Crippen LogP contribution >= 0.6 is 11.6 Å². The largest absolute Gasteiger partial charge is 0.452 e. The highest BCUT2D eigenvalue weighted by Gasteiger charge is 2.14. The Hall–Kier alpha value is -2.15. The van der Waals surface area contributed by atoms with E-state index in [0.717, 1.165) is 18.2 Å². The Morgan fingerprint density at radius 3 is 2.63 bits per heavy atom. The summed E-state index contributed by atoms with van der Waals surface area (Å²) in [6, 6.07) is 3.13. The highest BCUT2D eigenvalue weighted by molar-refractivity contribution is 6.33. The van der Waals surface area contributed by atoms with Gasteiger partial charge in [0.05, 0.1) is 17.1 Å². The van der Waals surface area contributed by atoms with Crippen molar-refractivity contribution in [3.63, 3.8) is 0 Å². The van der Waals surface area contributed by atoms with Crippen LogP contribution in [-0.2, 0) is 14.3 Å². The van der Waals surface area contributed by atoms with E-state index in [4.69, 9.17) is 17.3 Å². The molecule has 0 bridgehead atoms. The molecular weight excluding hydrogens is 279 g/mol. The first-order valence-corrected chi connectivity index (χ1v) is 5.45. The maximum Gasteiger partial charge on any atom is 0.340 e. The Morgan fingerprint density at radius 2 is 2.05 bits per heavy atom. The average Bonchev–Trinajstić information content (AvgIpc) is 2.33. The van der Waals surface area contributed by atoms with Gasteiger partial charge in [-0.3, -0.25) is 9.59 Å². The molecule has 0 saturated carbocycles. The molecule has 2 amide bonds. The van der Waals surface area contributed by atoms with Crippen LogP contribution in [0.2, 0.25) is 5.02 Å². The Labute approximate surface area is 112 Å². The molecule has 0 aliphatic rings. The summed E-state index contributed by atoms with van der Waals surface area (Å²) in [4.78, 5) is 33.0. The van der Waals surface area contributed by atoms with E-state index in [-0.39, 0.29) is 17.1 Å². The molecule has 1 rings (SSSR count). The molecule has 0 aliphatic carbocycles. The fourth-order valence-corrected chi connectivity index (χ4v) is 1.34. The quantitative estimate of drug-likeness (QED) is 0.758. The number of ether oxygens (including phenoxy) is 1. The summed E-state index contributed by atoms with van der Waals surface area (Å²) >= 11 is 5.64. The third kappa shape index (κ3) is 4.92. The number of carbonyl (C=O) groups is 3. The van der Waals surface area contributed by atoms with Crippen molar-refractivity contribution in [2.24, 2.45) is 5.73 Å². The minimum atomic E-state index is -0.876. The van der Waals surface area contributed by atoms with Crippen LogP contribution < -0.4 is 11.1 Å². The summed E-state index contributed by atoms with van der Waals surface area (Å²) in [6.45, 7) is -0.951. The molecule has 0 aliphatic heterocycles. The molecule has 1 aromatic carbocycles. The van der Waals surface area contributed by atoms with Crippen molar-refractivity contribution < 1.29 is 23.5 Å². The molecule has 8 heteroatoms. The first-order valence-electron chi connectivity index (χ1n) is 5.07. The van der Waals surface area contributed by atoms with E-state index in [9.17, 15) is 18.8 Å². The van der Waals surface area contributed by atoms with Crippen LogP contribution in [-0.4, -0.2) is 30.9 Å². The monoisotopic (exact) mass is 288 g/mol. The van der Waals surface area contributed by atoms with E-state index >= 15 is 0 Å². The van der Waals surface area contributed by atoms with Gasteiger partial charge >= 0.3 is 5.97 Å². The second kappa shape index (κ2) is 6.69. The molecule has 0 radical (unpaired) electrons. The zero-order valence-corrected chi connectivity index (χ0v) is 10.4. The highest BCUT2D eigenvalue weighted by atomic mass is 35.5. The summed E-state index contributed by atoms with van der Waals surface area (Å²) in [5.41, 5.74) is 4.74. The van der Waals surface area contributed by atoms with Gasteiger partial charge in [0.1, 0.15) is 5.82 Å². The number of halogens is 2. The number of rotatable bonds is 5. The lowest BCUT2D eigenvalue weighted by Gasteiger charge is -2.06. The predicted octanol–water partition coefficient (Wildman–Crippen LogP) is 0.237. The number of hydrogen-bond donors (Lipinski definition) is 2. The third-order valence-electron chi connectivity index (χ3n) is 1.95. The maximum atomic E-state index is 12.8. The van der Waals surface area contributed by atoms with Gasteiger partial charge in [-0.05, 0) is 18.2 Å². The van der Waals surface area contributed by atoms with Gasteiger partial charge in [0.15, 0.2) is 6.61 Å². The lowest BCUT2D eigenvalue weighted by molar-refractivity contribution is -0.127. The van der Waals surface area contributed by atoms with Gasteiger partial charge in [0.2, 0.25) is 5.91 Å². The molecule has 102 valence electrons. The van der Waals surface area contributed by atoms with Crippen molar-refractivity contribution in [2.75, 3.05) is 13.2 Å². The summed E-state index contributed by atoms with van der Waals surface area (Å²) < 4.78 is 17.4. The van der Waals surface area contributed by atoms with E-state index in [2.05, 4.69) is 10.1 Å². The number of esters is 1. The third-order valence-corrected chi connectivity index (χ3v) is 2.26. The minimum absolute atomic E-state index is 0.0641. The summed E-state index contributed by atoms with van der Waals surface area (Å²) in [6.07, 6.45) is 0. The van der Waals surface area contributed by atoms with Crippen LogP contribution in [0, 0.1) is 5.82 Å². The predicted molar refractivity (Wildman–Crippen MR) is 63.9 cm³/mol. The number of nitrogens with two attached hydrogens (primary N) is 1. The summed E-state index contributed by atoms with van der Waals surface area (Å²) in [5, 5.41) is 2.01. The zero-order valence-electron chi connectivity index (χ0n) is 9.61. The standard InChI is InChI=1S/C11H10ClFN2O4/c12-8-3-6(13)1-2-7(8)11(18)19-5-10(17)15-4-9(14)16/h1-3H,4-5H2,(H2,14,16)(H,15,17). The van der Waals surface area contributed by atoms with Crippen molar-refractivity contribution in [2.45, 2.75) is 0 Å². The molecule has 0 saturated heterocycles. The fourth-order valence-electron chi connectivity index (χ4n) is 1.10. The maximum absolute atomic E-state index is 12.8. The first kappa shape index (κ1) is 14.9. The Balaban J connectivity index is 2.51. The van der Waals surface area contributed by atoms with Crippen LogP contribution in [0.4, 0.5) is 4.39 Å². The normalized spacial score (nSPS) is 9.79. The molecule has 3 N–H and O–H groups in total. The molecule has 0 atom stereocenters. The number of hydrogen-bond acceptors (Lipinski definition) is 4. The smallest absolute Gasteiger partial charge is 0.340 e. The summed E-state index contributed by atoms with van der Waals surface area (Å²) in [7, 11) is 0. The van der Waals surface area contributed by atoms with Crippen molar-refractivity contribution in [1.82, 2.24) is 5.32 Å². The van der Waals surface area contributed by atoms with E-state index in [1.807, 2.05) is 0 Å². The SMILES string of the molecule is NC(=O)CNC(=O)COC(=O)c1ccc(F)cc1Cl. The van der Waals surface area contributed by atoms with Crippen LogP contribution in [0.5, 0.6) is 0 Å². The van der Waals surface area contributed by atoms with E-state index in [0.29, 0.717) is 0 Å². The average molecular weight is 289 g/mol. The van der Waals surface area contributed by atoms with E-state index < -0.39 is 30.2 Å². The first-order chi connectivity index (χ1) is 8.90. The van der Waals surface area contributed by atoms with E-state index in [1.165, 1.54) is 0 Å². The van der Waals surface area contributed by atoms with Crippen LogP contribution in [0.15, 0.2) is 18.2 Å². The second-order valence-corrected chi connectivity index (χ2v) is 3.85. The van der Waals surface area contributed by atoms with Gasteiger partial charge in [-0.1, -0.05) is 11.6 Å². The van der Waals surface area contributed by atoms with Gasteiger partial charge in [0, 0.05) is 0 Å². The second-order valence-electron chi connectivity index (χ2n) is 3.44. The number of benzene rings is 1. The van der Waals surface area contributed by atoms with Gasteiger partial charge in [-0.25, -0.2) is 9.18 Å². The van der Waals surface area contributed by atoms with Gasteiger partial charge in [-0.2, -0.15) is 0 Å². The number of carbonyl (C=O) groups excluding carboxylic acids is 3. The molecule has 0 fully saturated rings. The highest BCUT2D eigenvalue weighted by Crippen LogP contribution is 2.17. The molecular formula is C11H10ClFN2O4. The fraction of sp³-hybridized carbons (Fsp3) is 0.182. The van der Waals surface area contributed by atoms with Gasteiger partial charge in [0.25, 0.3) is 5.91 Å². The van der Waals surface area contributed by atoms with Gasteiger partial charge < -0.3 is 15.8 Å². The molecule has 0 spiro atoms. The lowest BCUT2D eigenvalue weighted by Crippen LogP contribution is -2.36. The molecule has 0 heterocycles. The van der Waals surface area contributed by atoms with Gasteiger partial charge in [-0.15, -0.1) is 0 Å². The Morgan fingerprint density at radius 1 is 1.37 bits per heavy atom. The van der Waals surface area contributed by atoms with Crippen molar-refractivity contribution in [3.8, 4) is 0 Å². The lowest BCUT2D eigenvalue weighted by atomic mass is 10.2. The van der Waals surface area contributed by atoms with Crippen molar-refractivity contribution in [1.29, 1.82) is 0 Å². The molecule has 19 heavy (non-hydrogen) atoms. The Kier molecular flexibility index (Phi) is 5.25.